The zero-order valence-electron chi connectivity index (χ0n) is 17.1. The van der Waals surface area contributed by atoms with E-state index in [1.165, 1.54) is 12.1 Å². The van der Waals surface area contributed by atoms with Crippen LogP contribution in [0.1, 0.15) is 35.3 Å². The van der Waals surface area contributed by atoms with Gasteiger partial charge in [0.15, 0.2) is 0 Å². The summed E-state index contributed by atoms with van der Waals surface area (Å²) in [5.74, 6) is 0.252. The van der Waals surface area contributed by atoms with Gasteiger partial charge in [-0.2, -0.15) is 5.10 Å². The second-order valence-corrected chi connectivity index (χ2v) is 7.95. The van der Waals surface area contributed by atoms with Gasteiger partial charge in [0.25, 0.3) is 5.91 Å². The molecule has 0 saturated heterocycles. The standard InChI is InChI=1S/C24H21BrFN3O2/c1-3-21(15-7-12-23(31-2)20(25)13-15)28-24(30)18-5-4-6-22-19(18)14-27-29(22)17-10-8-16(26)9-11-17/h4-14,21H,3H2,1-2H3,(H,28,30)/t21-/m1/s1. The van der Waals surface area contributed by atoms with Crippen LogP contribution in [0.4, 0.5) is 4.39 Å². The predicted molar refractivity (Wildman–Crippen MR) is 122 cm³/mol. The number of carbonyl (C=O) groups is 1. The summed E-state index contributed by atoms with van der Waals surface area (Å²) >= 11 is 3.51. The number of methoxy groups -OCH3 is 1. The lowest BCUT2D eigenvalue weighted by molar-refractivity contribution is 0.0937. The second kappa shape index (κ2) is 8.89. The average Bonchev–Trinajstić information content (AvgIpc) is 3.22. The molecule has 1 atom stereocenters. The number of hydrogen-bond donors (Lipinski definition) is 1. The summed E-state index contributed by atoms with van der Waals surface area (Å²) in [4.78, 5) is 13.2. The van der Waals surface area contributed by atoms with Crippen LogP contribution >= 0.6 is 15.9 Å². The summed E-state index contributed by atoms with van der Waals surface area (Å²) in [5.41, 5.74) is 3.03. The first kappa shape index (κ1) is 21.1. The van der Waals surface area contributed by atoms with Crippen molar-refractivity contribution in [2.45, 2.75) is 19.4 Å². The summed E-state index contributed by atoms with van der Waals surface area (Å²) < 4.78 is 21.1. The molecule has 1 aromatic heterocycles. The topological polar surface area (TPSA) is 56.2 Å². The first-order chi connectivity index (χ1) is 15.0. The predicted octanol–water partition coefficient (Wildman–Crippen LogP) is 5.82. The molecule has 31 heavy (non-hydrogen) atoms. The van der Waals surface area contributed by atoms with Crippen LogP contribution in [0.5, 0.6) is 5.75 Å². The van der Waals surface area contributed by atoms with E-state index >= 15 is 0 Å². The Labute approximate surface area is 188 Å². The fourth-order valence-electron chi connectivity index (χ4n) is 3.59. The van der Waals surface area contributed by atoms with Gasteiger partial charge in [-0.25, -0.2) is 9.07 Å². The monoisotopic (exact) mass is 481 g/mol. The van der Waals surface area contributed by atoms with Crippen molar-refractivity contribution in [2.24, 2.45) is 0 Å². The second-order valence-electron chi connectivity index (χ2n) is 7.10. The van der Waals surface area contributed by atoms with E-state index in [1.54, 1.807) is 36.2 Å². The Morgan fingerprint density at radius 1 is 1.19 bits per heavy atom. The Bertz CT molecular complexity index is 1240. The van der Waals surface area contributed by atoms with Crippen LogP contribution in [0.25, 0.3) is 16.6 Å². The molecule has 1 heterocycles. The van der Waals surface area contributed by atoms with Gasteiger partial charge in [0.2, 0.25) is 0 Å². The third-order valence-electron chi connectivity index (χ3n) is 5.22. The average molecular weight is 482 g/mol. The number of amides is 1. The minimum atomic E-state index is -0.309. The van der Waals surface area contributed by atoms with E-state index in [0.29, 0.717) is 5.56 Å². The van der Waals surface area contributed by atoms with E-state index in [2.05, 4.69) is 26.3 Å². The quantitative estimate of drug-likeness (QED) is 0.377. The van der Waals surface area contributed by atoms with E-state index in [9.17, 15) is 9.18 Å². The summed E-state index contributed by atoms with van der Waals surface area (Å²) in [7, 11) is 1.62. The highest BCUT2D eigenvalue weighted by atomic mass is 79.9. The molecule has 7 heteroatoms. The number of aromatic nitrogens is 2. The van der Waals surface area contributed by atoms with Gasteiger partial charge in [-0.05, 0) is 76.4 Å². The first-order valence-corrected chi connectivity index (χ1v) is 10.7. The van der Waals surface area contributed by atoms with E-state index in [-0.39, 0.29) is 17.8 Å². The molecule has 0 aliphatic heterocycles. The van der Waals surface area contributed by atoms with E-state index in [0.717, 1.165) is 38.8 Å². The molecule has 0 spiro atoms. The van der Waals surface area contributed by atoms with Crippen LogP contribution in [0.15, 0.2) is 71.3 Å². The highest BCUT2D eigenvalue weighted by molar-refractivity contribution is 9.10. The molecule has 5 nitrogen and oxygen atoms in total. The van der Waals surface area contributed by atoms with Crippen molar-refractivity contribution in [3.05, 3.63) is 88.3 Å². The molecule has 0 aliphatic carbocycles. The number of carbonyl (C=O) groups excluding carboxylic acids is 1. The summed E-state index contributed by atoms with van der Waals surface area (Å²) in [5, 5.41) is 8.28. The van der Waals surface area contributed by atoms with E-state index in [4.69, 9.17) is 4.74 Å². The summed E-state index contributed by atoms with van der Waals surface area (Å²) in [6.07, 6.45) is 2.40. The molecule has 0 fully saturated rings. The maximum atomic E-state index is 13.3. The fourth-order valence-corrected chi connectivity index (χ4v) is 4.15. The van der Waals surface area contributed by atoms with Crippen molar-refractivity contribution in [2.75, 3.05) is 7.11 Å². The lowest BCUT2D eigenvalue weighted by Crippen LogP contribution is -2.28. The lowest BCUT2D eigenvalue weighted by atomic mass is 10.0. The van der Waals surface area contributed by atoms with Gasteiger partial charge in [0.1, 0.15) is 11.6 Å². The zero-order chi connectivity index (χ0) is 22.0. The van der Waals surface area contributed by atoms with Gasteiger partial charge in [0.05, 0.1) is 40.6 Å². The molecule has 4 rings (SSSR count). The third kappa shape index (κ3) is 4.18. The molecule has 0 unspecified atom stereocenters. The lowest BCUT2D eigenvalue weighted by Gasteiger charge is -2.19. The highest BCUT2D eigenvalue weighted by Gasteiger charge is 2.19. The smallest absolute Gasteiger partial charge is 0.252 e. The number of rotatable bonds is 6. The van der Waals surface area contributed by atoms with Gasteiger partial charge in [-0.3, -0.25) is 4.79 Å². The fraction of sp³-hybridized carbons (Fsp3) is 0.167. The molecule has 4 aromatic rings. The molecule has 0 aliphatic rings. The SMILES string of the molecule is CC[C@@H](NC(=O)c1cccc2c1cnn2-c1ccc(F)cc1)c1ccc(OC)c(Br)c1. The van der Waals surface area contributed by atoms with Crippen molar-refractivity contribution >= 4 is 32.7 Å². The first-order valence-electron chi connectivity index (χ1n) is 9.88. The van der Waals surface area contributed by atoms with E-state index in [1.807, 2.05) is 37.3 Å². The minimum absolute atomic E-state index is 0.155. The number of nitrogens with one attached hydrogen (secondary N) is 1. The molecule has 3 aromatic carbocycles. The van der Waals surface area contributed by atoms with Crippen molar-refractivity contribution in [1.29, 1.82) is 0 Å². The molecule has 0 radical (unpaired) electrons. The Morgan fingerprint density at radius 2 is 1.97 bits per heavy atom. The summed E-state index contributed by atoms with van der Waals surface area (Å²) in [6.45, 7) is 2.02. The molecule has 0 bridgehead atoms. The van der Waals surface area contributed by atoms with Gasteiger partial charge >= 0.3 is 0 Å². The number of benzene rings is 3. The normalized spacial score (nSPS) is 12.0. The molecule has 1 amide bonds. The van der Waals surface area contributed by atoms with Crippen molar-refractivity contribution in [3.63, 3.8) is 0 Å². The molecule has 1 N–H and O–H groups in total. The Morgan fingerprint density at radius 3 is 2.65 bits per heavy atom. The maximum absolute atomic E-state index is 13.3. The Balaban J connectivity index is 1.64. The number of hydrogen-bond acceptors (Lipinski definition) is 3. The number of ether oxygens (including phenoxy) is 1. The zero-order valence-corrected chi connectivity index (χ0v) is 18.7. The molecular formula is C24H21BrFN3O2. The third-order valence-corrected chi connectivity index (χ3v) is 5.84. The number of fused-ring (bicyclic) bond motifs is 1. The van der Waals surface area contributed by atoms with Crippen LogP contribution in [0.2, 0.25) is 0 Å². The van der Waals surface area contributed by atoms with Gasteiger partial charge in [-0.1, -0.05) is 19.1 Å². The summed E-state index contributed by atoms with van der Waals surface area (Å²) in [6, 6.07) is 17.2. The maximum Gasteiger partial charge on any atom is 0.252 e. The van der Waals surface area contributed by atoms with Crippen molar-refractivity contribution in [3.8, 4) is 11.4 Å². The molecular weight excluding hydrogens is 461 g/mol. The van der Waals surface area contributed by atoms with Crippen LogP contribution in [0.3, 0.4) is 0 Å². The van der Waals surface area contributed by atoms with Crippen LogP contribution in [0, 0.1) is 5.82 Å². The number of nitrogens with zero attached hydrogens (tertiary/aromatic N) is 2. The van der Waals surface area contributed by atoms with Gasteiger partial charge in [-0.15, -0.1) is 0 Å². The minimum Gasteiger partial charge on any atom is -0.496 e. The van der Waals surface area contributed by atoms with Gasteiger partial charge in [0, 0.05) is 5.39 Å². The Hall–Kier alpha value is -3.19. The largest absolute Gasteiger partial charge is 0.496 e. The van der Waals surface area contributed by atoms with Crippen molar-refractivity contribution in [1.82, 2.24) is 15.1 Å². The van der Waals surface area contributed by atoms with Crippen LogP contribution < -0.4 is 10.1 Å². The highest BCUT2D eigenvalue weighted by Crippen LogP contribution is 2.30. The van der Waals surface area contributed by atoms with Crippen LogP contribution in [-0.2, 0) is 0 Å². The number of halogens is 2. The van der Waals surface area contributed by atoms with Gasteiger partial charge < -0.3 is 10.1 Å². The van der Waals surface area contributed by atoms with Crippen LogP contribution in [-0.4, -0.2) is 22.8 Å². The molecule has 158 valence electrons. The van der Waals surface area contributed by atoms with E-state index < -0.39 is 0 Å². The van der Waals surface area contributed by atoms with Crippen molar-refractivity contribution < 1.29 is 13.9 Å². The molecule has 0 saturated carbocycles. The Kier molecular flexibility index (Phi) is 6.04.